The lowest BCUT2D eigenvalue weighted by atomic mass is 10.1. The van der Waals surface area contributed by atoms with Gasteiger partial charge in [-0.25, -0.2) is 0 Å². The molecule has 0 saturated carbocycles. The summed E-state index contributed by atoms with van der Waals surface area (Å²) in [5, 5.41) is 0. The van der Waals surface area contributed by atoms with Gasteiger partial charge in [0.15, 0.2) is 0 Å². The number of nitrogens with two attached hydrogens (primary N) is 1. The molecule has 1 aromatic rings. The molecule has 2 N–H and O–H groups in total. The van der Waals surface area contributed by atoms with Crippen LogP contribution in [0.25, 0.3) is 0 Å². The molecule has 1 fully saturated rings. The summed E-state index contributed by atoms with van der Waals surface area (Å²) < 4.78 is 0. The lowest BCUT2D eigenvalue weighted by Gasteiger charge is -2.41. The molecule has 4 heteroatoms. The minimum absolute atomic E-state index is 0.409. The molecule has 0 spiro atoms. The van der Waals surface area contributed by atoms with Crippen LogP contribution in [0.4, 0.5) is 0 Å². The Labute approximate surface area is 115 Å². The van der Waals surface area contributed by atoms with Gasteiger partial charge in [-0.2, -0.15) is 0 Å². The van der Waals surface area contributed by atoms with Crippen molar-refractivity contribution in [2.24, 2.45) is 5.73 Å². The average molecular weight is 267 g/mol. The number of rotatable bonds is 4. The zero-order valence-corrected chi connectivity index (χ0v) is 12.5. The summed E-state index contributed by atoms with van der Waals surface area (Å²) in [6, 6.07) is 5.55. The first kappa shape index (κ1) is 14.0. The molecule has 2 unspecified atom stereocenters. The van der Waals surface area contributed by atoms with Crippen molar-refractivity contribution in [2.45, 2.75) is 32.4 Å². The summed E-state index contributed by atoms with van der Waals surface area (Å²) in [4.78, 5) is 7.88. The Bertz CT molecular complexity index is 377. The highest BCUT2D eigenvalue weighted by Gasteiger charge is 2.27. The average Bonchev–Trinajstić information content (AvgIpc) is 2.83. The van der Waals surface area contributed by atoms with Crippen LogP contribution in [0.5, 0.6) is 0 Å². The van der Waals surface area contributed by atoms with Crippen LogP contribution in [-0.4, -0.2) is 49.1 Å². The van der Waals surface area contributed by atoms with Crippen molar-refractivity contribution in [3.8, 4) is 0 Å². The van der Waals surface area contributed by atoms with Crippen LogP contribution < -0.4 is 5.73 Å². The standard InChI is InChI=1S/C14H25N3S/c1-4-12-5-6-14(18-12)13(9-15)17-8-7-16(3)11(2)10-17/h5-6,11,13H,4,7-10,15H2,1-3H3. The van der Waals surface area contributed by atoms with Gasteiger partial charge in [0.05, 0.1) is 6.04 Å². The predicted octanol–water partition coefficient (Wildman–Crippen LogP) is 1.95. The first-order valence-electron chi connectivity index (χ1n) is 6.88. The fourth-order valence-electron chi connectivity index (χ4n) is 2.57. The Balaban J connectivity index is 2.08. The first-order valence-corrected chi connectivity index (χ1v) is 7.70. The van der Waals surface area contributed by atoms with Gasteiger partial charge in [-0.3, -0.25) is 4.90 Å². The molecule has 18 heavy (non-hydrogen) atoms. The third-order valence-electron chi connectivity index (χ3n) is 4.01. The number of nitrogens with zero attached hydrogens (tertiary/aromatic N) is 2. The molecule has 0 aromatic carbocycles. The Hall–Kier alpha value is -0.420. The van der Waals surface area contributed by atoms with E-state index in [2.05, 4.69) is 42.8 Å². The van der Waals surface area contributed by atoms with Crippen molar-refractivity contribution in [3.05, 3.63) is 21.9 Å². The predicted molar refractivity (Wildman–Crippen MR) is 79.2 cm³/mol. The zero-order chi connectivity index (χ0) is 13.1. The minimum Gasteiger partial charge on any atom is -0.329 e. The monoisotopic (exact) mass is 267 g/mol. The van der Waals surface area contributed by atoms with Crippen LogP contribution in [0.3, 0.4) is 0 Å². The molecule has 1 aromatic heterocycles. The molecule has 2 atom stereocenters. The Morgan fingerprint density at radius 2 is 2.22 bits per heavy atom. The number of hydrogen-bond acceptors (Lipinski definition) is 4. The summed E-state index contributed by atoms with van der Waals surface area (Å²) in [7, 11) is 2.21. The quantitative estimate of drug-likeness (QED) is 0.905. The Kier molecular flexibility index (Phi) is 4.78. The highest BCUT2D eigenvalue weighted by Crippen LogP contribution is 2.29. The number of likely N-dealkylation sites (N-methyl/N-ethyl adjacent to an activating group) is 1. The van der Waals surface area contributed by atoms with E-state index >= 15 is 0 Å². The summed E-state index contributed by atoms with van der Waals surface area (Å²) in [6.45, 7) is 8.63. The topological polar surface area (TPSA) is 32.5 Å². The van der Waals surface area contributed by atoms with Gasteiger partial charge < -0.3 is 10.6 Å². The van der Waals surface area contributed by atoms with Gasteiger partial charge in [-0.15, -0.1) is 11.3 Å². The molecule has 0 radical (unpaired) electrons. The van der Waals surface area contributed by atoms with Crippen LogP contribution in [-0.2, 0) is 6.42 Å². The van der Waals surface area contributed by atoms with Gasteiger partial charge in [-0.1, -0.05) is 6.92 Å². The second-order valence-corrected chi connectivity index (χ2v) is 6.43. The van der Waals surface area contributed by atoms with E-state index in [1.807, 2.05) is 11.3 Å². The SMILES string of the molecule is CCc1ccc(C(CN)N2CCN(C)C(C)C2)s1. The van der Waals surface area contributed by atoms with Gasteiger partial charge in [-0.05, 0) is 32.5 Å². The van der Waals surface area contributed by atoms with Gasteiger partial charge in [0, 0.05) is 42.0 Å². The van der Waals surface area contributed by atoms with Crippen LogP contribution in [0.15, 0.2) is 12.1 Å². The number of aryl methyl sites for hydroxylation is 1. The highest BCUT2D eigenvalue weighted by molar-refractivity contribution is 7.12. The third kappa shape index (κ3) is 2.94. The number of piperazine rings is 1. The van der Waals surface area contributed by atoms with Crippen LogP contribution >= 0.6 is 11.3 Å². The van der Waals surface area contributed by atoms with E-state index in [9.17, 15) is 0 Å². The molecule has 102 valence electrons. The van der Waals surface area contributed by atoms with Crippen LogP contribution in [0, 0.1) is 0 Å². The normalized spacial score (nSPS) is 24.3. The third-order valence-corrected chi connectivity index (χ3v) is 5.35. The van der Waals surface area contributed by atoms with E-state index in [1.54, 1.807) is 0 Å². The fraction of sp³-hybridized carbons (Fsp3) is 0.714. The lowest BCUT2D eigenvalue weighted by molar-refractivity contribution is 0.0752. The summed E-state index contributed by atoms with van der Waals surface area (Å²) in [5.74, 6) is 0. The summed E-state index contributed by atoms with van der Waals surface area (Å²) in [6.07, 6.45) is 1.13. The van der Waals surface area contributed by atoms with E-state index < -0.39 is 0 Å². The minimum atomic E-state index is 0.409. The van der Waals surface area contributed by atoms with E-state index in [-0.39, 0.29) is 0 Å². The maximum Gasteiger partial charge on any atom is 0.0565 e. The molecule has 0 bridgehead atoms. The second kappa shape index (κ2) is 6.15. The van der Waals surface area contributed by atoms with Gasteiger partial charge >= 0.3 is 0 Å². The molecule has 0 amide bonds. The summed E-state index contributed by atoms with van der Waals surface area (Å²) in [5.41, 5.74) is 6.02. The van der Waals surface area contributed by atoms with Crippen molar-refractivity contribution >= 4 is 11.3 Å². The lowest BCUT2D eigenvalue weighted by Crippen LogP contribution is -2.52. The first-order chi connectivity index (χ1) is 8.65. The summed E-state index contributed by atoms with van der Waals surface area (Å²) >= 11 is 1.93. The van der Waals surface area contributed by atoms with E-state index in [4.69, 9.17) is 5.73 Å². The van der Waals surface area contributed by atoms with E-state index in [0.29, 0.717) is 12.1 Å². The molecular formula is C14H25N3S. The smallest absolute Gasteiger partial charge is 0.0565 e. The van der Waals surface area contributed by atoms with Gasteiger partial charge in [0.2, 0.25) is 0 Å². The van der Waals surface area contributed by atoms with Crippen molar-refractivity contribution in [2.75, 3.05) is 33.2 Å². The maximum atomic E-state index is 6.02. The maximum absolute atomic E-state index is 6.02. The number of thiophene rings is 1. The molecule has 1 aliphatic rings. The van der Waals surface area contributed by atoms with Crippen molar-refractivity contribution < 1.29 is 0 Å². The molecule has 1 aliphatic heterocycles. The Morgan fingerprint density at radius 3 is 2.78 bits per heavy atom. The van der Waals surface area contributed by atoms with Crippen molar-refractivity contribution in [1.29, 1.82) is 0 Å². The fourth-order valence-corrected chi connectivity index (χ4v) is 3.67. The Morgan fingerprint density at radius 1 is 1.44 bits per heavy atom. The largest absolute Gasteiger partial charge is 0.329 e. The zero-order valence-electron chi connectivity index (χ0n) is 11.7. The van der Waals surface area contributed by atoms with Gasteiger partial charge in [0.1, 0.15) is 0 Å². The number of hydrogen-bond donors (Lipinski definition) is 1. The van der Waals surface area contributed by atoms with Crippen LogP contribution in [0.1, 0.15) is 29.6 Å². The molecular weight excluding hydrogens is 242 g/mol. The molecule has 2 heterocycles. The van der Waals surface area contributed by atoms with E-state index in [0.717, 1.165) is 32.6 Å². The molecule has 0 aliphatic carbocycles. The molecule has 1 saturated heterocycles. The van der Waals surface area contributed by atoms with Crippen molar-refractivity contribution in [1.82, 2.24) is 9.80 Å². The molecule has 3 nitrogen and oxygen atoms in total. The second-order valence-electron chi connectivity index (χ2n) is 5.23. The van der Waals surface area contributed by atoms with E-state index in [1.165, 1.54) is 9.75 Å². The van der Waals surface area contributed by atoms with Crippen molar-refractivity contribution in [3.63, 3.8) is 0 Å². The van der Waals surface area contributed by atoms with Crippen LogP contribution in [0.2, 0.25) is 0 Å². The van der Waals surface area contributed by atoms with Gasteiger partial charge in [0.25, 0.3) is 0 Å². The highest BCUT2D eigenvalue weighted by atomic mass is 32.1. The molecule has 2 rings (SSSR count).